The van der Waals surface area contributed by atoms with Gasteiger partial charge in [0.2, 0.25) is 5.91 Å². The summed E-state index contributed by atoms with van der Waals surface area (Å²) in [5, 5.41) is 3.16. The third-order valence-electron chi connectivity index (χ3n) is 4.25. The van der Waals surface area contributed by atoms with Gasteiger partial charge in [-0.05, 0) is 37.3 Å². The molecular formula is C18H29NO3. The van der Waals surface area contributed by atoms with E-state index < -0.39 is 0 Å². The minimum atomic E-state index is 0.0979. The van der Waals surface area contributed by atoms with Gasteiger partial charge in [0.15, 0.2) is 0 Å². The molecule has 0 radical (unpaired) electrons. The van der Waals surface area contributed by atoms with Crippen molar-refractivity contribution in [1.82, 2.24) is 5.32 Å². The van der Waals surface area contributed by atoms with Crippen LogP contribution in [0.4, 0.5) is 0 Å². The van der Waals surface area contributed by atoms with Gasteiger partial charge >= 0.3 is 0 Å². The van der Waals surface area contributed by atoms with Crippen LogP contribution in [-0.4, -0.2) is 24.7 Å². The van der Waals surface area contributed by atoms with Gasteiger partial charge in [-0.3, -0.25) is 4.79 Å². The summed E-state index contributed by atoms with van der Waals surface area (Å²) in [5.41, 5.74) is 0. The van der Waals surface area contributed by atoms with E-state index in [0.29, 0.717) is 18.8 Å². The number of rotatable bonds is 8. The Morgan fingerprint density at radius 1 is 1.41 bits per heavy atom. The molecule has 2 atom stereocenters. The quantitative estimate of drug-likeness (QED) is 0.796. The highest BCUT2D eigenvalue weighted by atomic mass is 16.5. The van der Waals surface area contributed by atoms with Crippen molar-refractivity contribution in [3.05, 3.63) is 24.2 Å². The van der Waals surface area contributed by atoms with Gasteiger partial charge in [-0.2, -0.15) is 0 Å². The summed E-state index contributed by atoms with van der Waals surface area (Å²) < 4.78 is 11.3. The Morgan fingerprint density at radius 3 is 2.95 bits per heavy atom. The highest BCUT2D eigenvalue weighted by Gasteiger charge is 2.27. The van der Waals surface area contributed by atoms with Crippen molar-refractivity contribution < 1.29 is 13.9 Å². The zero-order valence-electron chi connectivity index (χ0n) is 13.8. The highest BCUT2D eigenvalue weighted by Crippen LogP contribution is 2.22. The molecular weight excluding hydrogens is 278 g/mol. The standard InChI is InChI=1S/C18H29NO3/c1-14(2)11-13-22-17-8-4-3-7-16(17)19-18(20)10-9-15-6-5-12-21-15/h5-6,12,14,16-17H,3-4,7-11,13H2,1-2H3,(H,19,20). The lowest BCUT2D eigenvalue weighted by Crippen LogP contribution is -2.46. The summed E-state index contributed by atoms with van der Waals surface area (Å²) >= 11 is 0. The Hall–Kier alpha value is -1.29. The van der Waals surface area contributed by atoms with Gasteiger partial charge in [-0.25, -0.2) is 0 Å². The first-order valence-corrected chi connectivity index (χ1v) is 8.58. The molecule has 124 valence electrons. The van der Waals surface area contributed by atoms with Crippen LogP contribution in [0.5, 0.6) is 0 Å². The first-order valence-electron chi connectivity index (χ1n) is 8.58. The van der Waals surface area contributed by atoms with Crippen LogP contribution in [0.2, 0.25) is 0 Å². The predicted molar refractivity (Wildman–Crippen MR) is 86.6 cm³/mol. The SMILES string of the molecule is CC(C)CCOC1CCCCC1NC(=O)CCc1ccco1. The number of aryl methyl sites for hydroxylation is 1. The molecule has 1 N–H and O–H groups in total. The molecule has 0 bridgehead atoms. The van der Waals surface area contributed by atoms with Crippen molar-refractivity contribution in [3.63, 3.8) is 0 Å². The average molecular weight is 307 g/mol. The van der Waals surface area contributed by atoms with E-state index >= 15 is 0 Å². The van der Waals surface area contributed by atoms with Crippen molar-refractivity contribution in [1.29, 1.82) is 0 Å². The summed E-state index contributed by atoms with van der Waals surface area (Å²) in [7, 11) is 0. The fraction of sp³-hybridized carbons (Fsp3) is 0.722. The van der Waals surface area contributed by atoms with Crippen molar-refractivity contribution in [2.45, 2.75) is 70.9 Å². The maximum Gasteiger partial charge on any atom is 0.220 e. The molecule has 1 aliphatic rings. The molecule has 0 spiro atoms. The van der Waals surface area contributed by atoms with Crippen molar-refractivity contribution >= 4 is 5.91 Å². The fourth-order valence-corrected chi connectivity index (χ4v) is 2.89. The van der Waals surface area contributed by atoms with E-state index in [9.17, 15) is 4.79 Å². The first-order chi connectivity index (χ1) is 10.6. The lowest BCUT2D eigenvalue weighted by molar-refractivity contribution is -0.123. The van der Waals surface area contributed by atoms with Gasteiger partial charge in [0.1, 0.15) is 5.76 Å². The number of carbonyl (C=O) groups is 1. The number of amides is 1. The summed E-state index contributed by atoms with van der Waals surface area (Å²) in [4.78, 5) is 12.1. The Morgan fingerprint density at radius 2 is 2.23 bits per heavy atom. The fourth-order valence-electron chi connectivity index (χ4n) is 2.89. The second-order valence-corrected chi connectivity index (χ2v) is 6.63. The molecule has 4 nitrogen and oxygen atoms in total. The average Bonchev–Trinajstić information content (AvgIpc) is 3.00. The topological polar surface area (TPSA) is 51.5 Å². The summed E-state index contributed by atoms with van der Waals surface area (Å²) in [6.07, 6.45) is 8.49. The molecule has 0 aliphatic heterocycles. The Bertz CT molecular complexity index is 428. The number of furan rings is 1. The monoisotopic (exact) mass is 307 g/mol. The first kappa shape index (κ1) is 17.1. The molecule has 1 aromatic rings. The molecule has 1 fully saturated rings. The van der Waals surface area contributed by atoms with E-state index in [-0.39, 0.29) is 18.1 Å². The smallest absolute Gasteiger partial charge is 0.220 e. The second-order valence-electron chi connectivity index (χ2n) is 6.63. The maximum absolute atomic E-state index is 12.1. The molecule has 1 aromatic heterocycles. The summed E-state index contributed by atoms with van der Waals surface area (Å²) in [6, 6.07) is 3.93. The van der Waals surface area contributed by atoms with Crippen molar-refractivity contribution in [2.24, 2.45) is 5.92 Å². The third kappa shape index (κ3) is 5.84. The molecule has 1 saturated carbocycles. The van der Waals surface area contributed by atoms with Crippen LogP contribution >= 0.6 is 0 Å². The van der Waals surface area contributed by atoms with E-state index in [0.717, 1.165) is 31.6 Å². The number of hydrogen-bond acceptors (Lipinski definition) is 3. The van der Waals surface area contributed by atoms with Gasteiger partial charge in [0, 0.05) is 19.4 Å². The van der Waals surface area contributed by atoms with Crippen LogP contribution in [0.25, 0.3) is 0 Å². The number of carbonyl (C=O) groups excluding carboxylic acids is 1. The van der Waals surface area contributed by atoms with E-state index in [1.54, 1.807) is 6.26 Å². The number of hydrogen-bond donors (Lipinski definition) is 1. The molecule has 22 heavy (non-hydrogen) atoms. The van der Waals surface area contributed by atoms with Gasteiger partial charge in [-0.1, -0.05) is 26.7 Å². The van der Waals surface area contributed by atoms with Crippen molar-refractivity contribution in [3.8, 4) is 0 Å². The van der Waals surface area contributed by atoms with Crippen LogP contribution in [0.1, 0.15) is 58.1 Å². The Kier molecular flexibility index (Phi) is 6.97. The van der Waals surface area contributed by atoms with Crippen LogP contribution in [-0.2, 0) is 16.0 Å². The lowest BCUT2D eigenvalue weighted by atomic mass is 9.92. The van der Waals surface area contributed by atoms with E-state index in [1.807, 2.05) is 12.1 Å². The van der Waals surface area contributed by atoms with Crippen LogP contribution in [0.3, 0.4) is 0 Å². The Labute approximate surface area is 133 Å². The largest absolute Gasteiger partial charge is 0.469 e. The molecule has 1 aliphatic carbocycles. The van der Waals surface area contributed by atoms with Gasteiger partial charge in [0.25, 0.3) is 0 Å². The van der Waals surface area contributed by atoms with Crippen molar-refractivity contribution in [2.75, 3.05) is 6.61 Å². The molecule has 2 rings (SSSR count). The van der Waals surface area contributed by atoms with Crippen LogP contribution in [0.15, 0.2) is 22.8 Å². The van der Waals surface area contributed by atoms with Crippen LogP contribution < -0.4 is 5.32 Å². The minimum Gasteiger partial charge on any atom is -0.469 e. The molecule has 1 heterocycles. The lowest BCUT2D eigenvalue weighted by Gasteiger charge is -2.32. The summed E-state index contributed by atoms with van der Waals surface area (Å²) in [5.74, 6) is 1.62. The Balaban J connectivity index is 1.73. The second kappa shape index (κ2) is 8.99. The summed E-state index contributed by atoms with van der Waals surface area (Å²) in [6.45, 7) is 5.21. The molecule has 0 aromatic carbocycles. The third-order valence-corrected chi connectivity index (χ3v) is 4.25. The number of ether oxygens (including phenoxy) is 1. The van der Waals surface area contributed by atoms with Crippen LogP contribution in [0, 0.1) is 5.92 Å². The molecule has 1 amide bonds. The van der Waals surface area contributed by atoms with Gasteiger partial charge in [0.05, 0.1) is 18.4 Å². The highest BCUT2D eigenvalue weighted by molar-refractivity contribution is 5.76. The molecule has 0 saturated heterocycles. The maximum atomic E-state index is 12.1. The number of nitrogens with one attached hydrogen (secondary N) is 1. The zero-order chi connectivity index (χ0) is 15.8. The zero-order valence-corrected chi connectivity index (χ0v) is 13.8. The minimum absolute atomic E-state index is 0.0979. The van der Waals surface area contributed by atoms with Gasteiger partial charge in [-0.15, -0.1) is 0 Å². The molecule has 4 heteroatoms. The van der Waals surface area contributed by atoms with E-state index in [4.69, 9.17) is 9.15 Å². The normalized spacial score (nSPS) is 22.0. The predicted octanol–water partition coefficient (Wildman–Crippen LogP) is 3.70. The molecule has 2 unspecified atom stereocenters. The van der Waals surface area contributed by atoms with E-state index in [1.165, 1.54) is 12.8 Å². The van der Waals surface area contributed by atoms with E-state index in [2.05, 4.69) is 19.2 Å². The van der Waals surface area contributed by atoms with Gasteiger partial charge < -0.3 is 14.5 Å².